The van der Waals surface area contributed by atoms with Crippen LogP contribution in [0.25, 0.3) is 0 Å². The van der Waals surface area contributed by atoms with Crippen molar-refractivity contribution in [2.45, 2.75) is 38.8 Å². The van der Waals surface area contributed by atoms with Crippen molar-refractivity contribution in [1.82, 2.24) is 4.90 Å². The average molecular weight is 214 g/mol. The van der Waals surface area contributed by atoms with Gasteiger partial charge < -0.3 is 15.4 Å². The number of carbonyl (C=O) groups excluding carboxylic acids is 1. The maximum Gasteiger partial charge on any atom is 0.240 e. The van der Waals surface area contributed by atoms with E-state index in [1.165, 1.54) is 0 Å². The van der Waals surface area contributed by atoms with Crippen molar-refractivity contribution in [2.24, 2.45) is 11.7 Å². The molecule has 1 saturated heterocycles. The minimum Gasteiger partial charge on any atom is -0.383 e. The number of hydrogen-bond acceptors (Lipinski definition) is 3. The van der Waals surface area contributed by atoms with E-state index in [4.69, 9.17) is 10.5 Å². The summed E-state index contributed by atoms with van der Waals surface area (Å²) in [4.78, 5) is 13.9. The lowest BCUT2D eigenvalue weighted by Crippen LogP contribution is -2.49. The molecule has 0 bridgehead atoms. The summed E-state index contributed by atoms with van der Waals surface area (Å²) in [5, 5.41) is 0. The van der Waals surface area contributed by atoms with E-state index in [0.29, 0.717) is 6.61 Å². The van der Waals surface area contributed by atoms with Gasteiger partial charge in [0.25, 0.3) is 0 Å². The Balaban J connectivity index is 2.58. The first kappa shape index (κ1) is 12.5. The topological polar surface area (TPSA) is 55.6 Å². The number of rotatable bonds is 4. The molecule has 1 fully saturated rings. The molecule has 0 spiro atoms. The average Bonchev–Trinajstić information content (AvgIpc) is 2.64. The van der Waals surface area contributed by atoms with Gasteiger partial charge in [-0.3, -0.25) is 4.79 Å². The fraction of sp³-hybridized carbons (Fsp3) is 0.909. The van der Waals surface area contributed by atoms with Crippen molar-refractivity contribution < 1.29 is 9.53 Å². The number of ether oxygens (including phenoxy) is 1. The van der Waals surface area contributed by atoms with Gasteiger partial charge in [0.15, 0.2) is 0 Å². The van der Waals surface area contributed by atoms with Gasteiger partial charge in [-0.05, 0) is 18.8 Å². The third-order valence-electron chi connectivity index (χ3n) is 3.02. The molecule has 0 aromatic rings. The van der Waals surface area contributed by atoms with Gasteiger partial charge in [0.1, 0.15) is 0 Å². The summed E-state index contributed by atoms with van der Waals surface area (Å²) in [5.41, 5.74) is 5.87. The number of carbonyl (C=O) groups is 1. The van der Waals surface area contributed by atoms with Crippen molar-refractivity contribution in [1.29, 1.82) is 0 Å². The third kappa shape index (κ3) is 2.92. The highest BCUT2D eigenvalue weighted by atomic mass is 16.5. The zero-order valence-electron chi connectivity index (χ0n) is 9.90. The van der Waals surface area contributed by atoms with Gasteiger partial charge in [0.2, 0.25) is 5.91 Å². The zero-order valence-corrected chi connectivity index (χ0v) is 9.90. The predicted octanol–water partition coefficient (Wildman–Crippen LogP) is 0.607. The van der Waals surface area contributed by atoms with Crippen LogP contribution in [0.5, 0.6) is 0 Å². The first-order valence-electron chi connectivity index (χ1n) is 5.63. The minimum atomic E-state index is -0.373. The van der Waals surface area contributed by atoms with Crippen molar-refractivity contribution in [3.05, 3.63) is 0 Å². The summed E-state index contributed by atoms with van der Waals surface area (Å²) in [6.45, 7) is 5.40. The van der Waals surface area contributed by atoms with Crippen LogP contribution in [-0.2, 0) is 9.53 Å². The van der Waals surface area contributed by atoms with E-state index in [-0.39, 0.29) is 23.9 Å². The summed E-state index contributed by atoms with van der Waals surface area (Å²) in [5.74, 6) is 0.269. The number of amides is 1. The summed E-state index contributed by atoms with van der Waals surface area (Å²) in [6, 6.07) is -0.144. The van der Waals surface area contributed by atoms with Crippen LogP contribution in [0, 0.1) is 5.92 Å². The van der Waals surface area contributed by atoms with Gasteiger partial charge in [0, 0.05) is 13.7 Å². The van der Waals surface area contributed by atoms with Gasteiger partial charge in [0.05, 0.1) is 18.7 Å². The number of likely N-dealkylation sites (tertiary alicyclic amines) is 1. The molecule has 0 aromatic heterocycles. The molecule has 4 heteroatoms. The first-order valence-corrected chi connectivity index (χ1v) is 5.63. The summed E-state index contributed by atoms with van der Waals surface area (Å²) < 4.78 is 5.11. The standard InChI is InChI=1S/C11H22N2O2/c1-8(2)10(12)11(14)13-6-4-5-9(13)7-15-3/h8-10H,4-7,12H2,1-3H3/t9?,10-/m0/s1. The maximum atomic E-state index is 12.0. The van der Waals surface area contributed by atoms with E-state index in [1.54, 1.807) is 7.11 Å². The van der Waals surface area contributed by atoms with Crippen LogP contribution in [0.3, 0.4) is 0 Å². The highest BCUT2D eigenvalue weighted by Crippen LogP contribution is 2.19. The molecule has 1 rings (SSSR count). The third-order valence-corrected chi connectivity index (χ3v) is 3.02. The summed E-state index contributed by atoms with van der Waals surface area (Å²) >= 11 is 0. The van der Waals surface area contributed by atoms with Crippen molar-refractivity contribution in [3.8, 4) is 0 Å². The molecular weight excluding hydrogens is 192 g/mol. The second kappa shape index (κ2) is 5.47. The Morgan fingerprint density at radius 2 is 2.27 bits per heavy atom. The smallest absolute Gasteiger partial charge is 0.240 e. The monoisotopic (exact) mass is 214 g/mol. The molecule has 88 valence electrons. The second-order valence-electron chi connectivity index (χ2n) is 4.55. The van der Waals surface area contributed by atoms with Gasteiger partial charge in [-0.2, -0.15) is 0 Å². The van der Waals surface area contributed by atoms with Crippen LogP contribution in [0.1, 0.15) is 26.7 Å². The van der Waals surface area contributed by atoms with E-state index in [0.717, 1.165) is 19.4 Å². The molecule has 1 aliphatic heterocycles. The Morgan fingerprint density at radius 3 is 2.80 bits per heavy atom. The van der Waals surface area contributed by atoms with Crippen molar-refractivity contribution in [2.75, 3.05) is 20.3 Å². The minimum absolute atomic E-state index is 0.0737. The molecule has 0 saturated carbocycles. The first-order chi connectivity index (χ1) is 7.07. The van der Waals surface area contributed by atoms with Gasteiger partial charge in [-0.25, -0.2) is 0 Å². The normalized spacial score (nSPS) is 23.5. The lowest BCUT2D eigenvalue weighted by molar-refractivity contribution is -0.135. The van der Waals surface area contributed by atoms with Gasteiger partial charge in [-0.15, -0.1) is 0 Å². The van der Waals surface area contributed by atoms with Crippen LogP contribution in [0.2, 0.25) is 0 Å². The Hall–Kier alpha value is -0.610. The highest BCUT2D eigenvalue weighted by molar-refractivity contribution is 5.82. The zero-order chi connectivity index (χ0) is 11.4. The largest absolute Gasteiger partial charge is 0.383 e. The van der Waals surface area contributed by atoms with E-state index in [1.807, 2.05) is 18.7 Å². The van der Waals surface area contributed by atoms with Crippen LogP contribution in [0.15, 0.2) is 0 Å². The van der Waals surface area contributed by atoms with Crippen LogP contribution >= 0.6 is 0 Å². The molecule has 1 amide bonds. The number of nitrogens with two attached hydrogens (primary N) is 1. The SMILES string of the molecule is COCC1CCCN1C(=O)[C@@H](N)C(C)C. The van der Waals surface area contributed by atoms with Gasteiger partial charge >= 0.3 is 0 Å². The number of hydrogen-bond donors (Lipinski definition) is 1. The molecule has 1 heterocycles. The molecule has 2 N–H and O–H groups in total. The fourth-order valence-electron chi connectivity index (χ4n) is 1.97. The van der Waals surface area contributed by atoms with E-state index >= 15 is 0 Å². The van der Waals surface area contributed by atoms with Gasteiger partial charge in [-0.1, -0.05) is 13.8 Å². The summed E-state index contributed by atoms with van der Waals surface area (Å²) in [6.07, 6.45) is 2.09. The number of nitrogens with zero attached hydrogens (tertiary/aromatic N) is 1. The lowest BCUT2D eigenvalue weighted by atomic mass is 10.0. The Labute approximate surface area is 91.8 Å². The molecular formula is C11H22N2O2. The van der Waals surface area contributed by atoms with Crippen LogP contribution in [-0.4, -0.2) is 43.2 Å². The Bertz CT molecular complexity index is 219. The van der Waals surface area contributed by atoms with Crippen molar-refractivity contribution >= 4 is 5.91 Å². The molecule has 0 radical (unpaired) electrons. The van der Waals surface area contributed by atoms with Crippen molar-refractivity contribution in [3.63, 3.8) is 0 Å². The quantitative estimate of drug-likeness (QED) is 0.746. The molecule has 2 atom stereocenters. The molecule has 15 heavy (non-hydrogen) atoms. The van der Waals surface area contributed by atoms with Crippen LogP contribution in [0.4, 0.5) is 0 Å². The maximum absolute atomic E-state index is 12.0. The van der Waals surface area contributed by atoms with E-state index < -0.39 is 0 Å². The fourth-order valence-corrected chi connectivity index (χ4v) is 1.97. The predicted molar refractivity (Wildman–Crippen MR) is 59.4 cm³/mol. The molecule has 4 nitrogen and oxygen atoms in total. The molecule has 1 aliphatic rings. The molecule has 0 aromatic carbocycles. The molecule has 0 aliphatic carbocycles. The summed E-state index contributed by atoms with van der Waals surface area (Å²) in [7, 11) is 1.67. The lowest BCUT2D eigenvalue weighted by Gasteiger charge is -2.28. The molecule has 1 unspecified atom stereocenters. The second-order valence-corrected chi connectivity index (χ2v) is 4.55. The number of methoxy groups -OCH3 is 1. The van der Waals surface area contributed by atoms with Crippen LogP contribution < -0.4 is 5.73 Å². The Kier molecular flexibility index (Phi) is 4.54. The van der Waals surface area contributed by atoms with E-state index in [9.17, 15) is 4.79 Å². The highest BCUT2D eigenvalue weighted by Gasteiger charge is 2.32. The Morgan fingerprint density at radius 1 is 1.60 bits per heavy atom. The van der Waals surface area contributed by atoms with E-state index in [2.05, 4.69) is 0 Å².